The van der Waals surface area contributed by atoms with Gasteiger partial charge in [-0.3, -0.25) is 0 Å². The van der Waals surface area contributed by atoms with Crippen molar-refractivity contribution in [3.63, 3.8) is 0 Å². The first-order valence-electron chi connectivity index (χ1n) is 6.21. The molecule has 0 amide bonds. The van der Waals surface area contributed by atoms with Crippen LogP contribution in [-0.4, -0.2) is 0 Å². The molecule has 0 fully saturated rings. The van der Waals surface area contributed by atoms with Crippen LogP contribution in [0.25, 0.3) is 11.1 Å². The van der Waals surface area contributed by atoms with Crippen molar-refractivity contribution in [1.29, 1.82) is 0 Å². The first kappa shape index (κ1) is 14.2. The summed E-state index contributed by atoms with van der Waals surface area (Å²) in [6.07, 6.45) is 5.86. The minimum Gasteiger partial charge on any atom is -0.0991 e. The normalized spacial score (nSPS) is 12.4. The Balaban J connectivity index is 3.22. The predicted octanol–water partition coefficient (Wildman–Crippen LogP) is 5.56. The van der Waals surface area contributed by atoms with Gasteiger partial charge in [-0.1, -0.05) is 55.2 Å². The van der Waals surface area contributed by atoms with Gasteiger partial charge < -0.3 is 0 Å². The molecule has 18 heavy (non-hydrogen) atoms. The van der Waals surface area contributed by atoms with Crippen LogP contribution in [-0.2, 0) is 0 Å². The first-order chi connectivity index (χ1) is 8.47. The summed E-state index contributed by atoms with van der Waals surface area (Å²) in [7, 11) is 0. The second-order valence-corrected chi connectivity index (χ2v) is 4.71. The standard InChI is InChI=1S/C18H22/c1-7-8-9-14(4)16(6)18-11-10-17(13(2)3)12-15(18)5/h7-12H,1-2H2,3-6H3/b9-8-,16-14+. The summed E-state index contributed by atoms with van der Waals surface area (Å²) >= 11 is 0. The molecule has 1 aromatic carbocycles. The quantitative estimate of drug-likeness (QED) is 0.602. The third-order valence-corrected chi connectivity index (χ3v) is 3.20. The molecular formula is C18H22. The van der Waals surface area contributed by atoms with Crippen molar-refractivity contribution < 1.29 is 0 Å². The van der Waals surface area contributed by atoms with Crippen LogP contribution < -0.4 is 0 Å². The maximum Gasteiger partial charge on any atom is -0.0195 e. The zero-order chi connectivity index (χ0) is 13.7. The largest absolute Gasteiger partial charge is 0.0991 e. The second kappa shape index (κ2) is 6.20. The lowest BCUT2D eigenvalue weighted by Crippen LogP contribution is -1.90. The SMILES string of the molecule is C=C/C=C\C(C)=C(/C)c1ccc(C(=C)C)cc1C. The Hall–Kier alpha value is -1.82. The van der Waals surface area contributed by atoms with Gasteiger partial charge in [0, 0.05) is 0 Å². The number of rotatable bonds is 4. The maximum absolute atomic E-state index is 3.98. The lowest BCUT2D eigenvalue weighted by Gasteiger charge is -2.11. The van der Waals surface area contributed by atoms with Gasteiger partial charge in [0.2, 0.25) is 0 Å². The van der Waals surface area contributed by atoms with Gasteiger partial charge in [-0.15, -0.1) is 0 Å². The highest BCUT2D eigenvalue weighted by Crippen LogP contribution is 2.25. The van der Waals surface area contributed by atoms with Gasteiger partial charge in [0.05, 0.1) is 0 Å². The molecule has 0 aliphatic carbocycles. The number of aryl methyl sites for hydroxylation is 1. The fourth-order valence-electron chi connectivity index (χ4n) is 1.90. The zero-order valence-corrected chi connectivity index (χ0v) is 11.9. The summed E-state index contributed by atoms with van der Waals surface area (Å²) < 4.78 is 0. The molecule has 0 N–H and O–H groups in total. The van der Waals surface area contributed by atoms with E-state index in [2.05, 4.69) is 58.2 Å². The summed E-state index contributed by atoms with van der Waals surface area (Å²) in [5, 5.41) is 0. The van der Waals surface area contributed by atoms with Gasteiger partial charge in [0.25, 0.3) is 0 Å². The van der Waals surface area contributed by atoms with E-state index in [1.807, 2.05) is 13.0 Å². The number of allylic oxidation sites excluding steroid dienone is 6. The molecule has 1 aromatic rings. The van der Waals surface area contributed by atoms with Crippen molar-refractivity contribution in [1.82, 2.24) is 0 Å². The van der Waals surface area contributed by atoms with Gasteiger partial charge >= 0.3 is 0 Å². The molecule has 0 saturated carbocycles. The van der Waals surface area contributed by atoms with E-state index in [9.17, 15) is 0 Å². The molecule has 0 heteroatoms. The lowest BCUT2D eigenvalue weighted by atomic mass is 9.94. The number of benzene rings is 1. The molecular weight excluding hydrogens is 216 g/mol. The van der Waals surface area contributed by atoms with Crippen molar-refractivity contribution in [3.05, 3.63) is 71.8 Å². The van der Waals surface area contributed by atoms with Crippen molar-refractivity contribution in [2.24, 2.45) is 0 Å². The molecule has 0 unspecified atom stereocenters. The Labute approximate surface area is 111 Å². The molecule has 0 aliphatic heterocycles. The molecule has 0 aliphatic rings. The van der Waals surface area contributed by atoms with E-state index in [0.29, 0.717) is 0 Å². The van der Waals surface area contributed by atoms with E-state index in [-0.39, 0.29) is 0 Å². The van der Waals surface area contributed by atoms with Gasteiger partial charge in [0.15, 0.2) is 0 Å². The molecule has 0 aromatic heterocycles. The van der Waals surface area contributed by atoms with Crippen LogP contribution in [0.15, 0.2) is 55.2 Å². The Bertz CT molecular complexity index is 525. The van der Waals surface area contributed by atoms with Gasteiger partial charge in [-0.2, -0.15) is 0 Å². The highest BCUT2D eigenvalue weighted by Gasteiger charge is 2.04. The summed E-state index contributed by atoms with van der Waals surface area (Å²) in [4.78, 5) is 0. The molecule has 0 radical (unpaired) electrons. The van der Waals surface area contributed by atoms with Crippen molar-refractivity contribution in [2.45, 2.75) is 27.7 Å². The third-order valence-electron chi connectivity index (χ3n) is 3.20. The highest BCUT2D eigenvalue weighted by molar-refractivity contribution is 5.73. The maximum atomic E-state index is 3.98. The van der Waals surface area contributed by atoms with E-state index >= 15 is 0 Å². The third kappa shape index (κ3) is 3.33. The summed E-state index contributed by atoms with van der Waals surface area (Å²) in [6.45, 7) is 16.1. The predicted molar refractivity (Wildman–Crippen MR) is 83.5 cm³/mol. The molecule has 0 saturated heterocycles. The number of hydrogen-bond donors (Lipinski definition) is 0. The van der Waals surface area contributed by atoms with Crippen molar-refractivity contribution >= 4 is 11.1 Å². The summed E-state index contributed by atoms with van der Waals surface area (Å²) in [5.74, 6) is 0. The highest BCUT2D eigenvalue weighted by atomic mass is 14.1. The van der Waals surface area contributed by atoms with E-state index < -0.39 is 0 Å². The number of hydrogen-bond acceptors (Lipinski definition) is 0. The van der Waals surface area contributed by atoms with Crippen LogP contribution in [0.4, 0.5) is 0 Å². The smallest absolute Gasteiger partial charge is 0.0195 e. The van der Waals surface area contributed by atoms with Crippen molar-refractivity contribution in [2.75, 3.05) is 0 Å². The second-order valence-electron chi connectivity index (χ2n) is 4.71. The van der Waals surface area contributed by atoms with Gasteiger partial charge in [-0.25, -0.2) is 0 Å². The first-order valence-corrected chi connectivity index (χ1v) is 6.21. The molecule has 0 atom stereocenters. The molecule has 0 heterocycles. The zero-order valence-electron chi connectivity index (χ0n) is 11.9. The van der Waals surface area contributed by atoms with Crippen molar-refractivity contribution in [3.8, 4) is 0 Å². The fourth-order valence-corrected chi connectivity index (χ4v) is 1.90. The fraction of sp³-hybridized carbons (Fsp3) is 0.222. The van der Waals surface area contributed by atoms with Crippen LogP contribution in [0.2, 0.25) is 0 Å². The van der Waals surface area contributed by atoms with Crippen LogP contribution in [0, 0.1) is 6.92 Å². The molecule has 0 bridgehead atoms. The topological polar surface area (TPSA) is 0 Å². The minimum absolute atomic E-state index is 1.11. The molecule has 0 nitrogen and oxygen atoms in total. The average molecular weight is 238 g/mol. The Kier molecular flexibility index (Phi) is 4.91. The summed E-state index contributed by atoms with van der Waals surface area (Å²) in [6, 6.07) is 6.52. The van der Waals surface area contributed by atoms with E-state index in [0.717, 1.165) is 5.57 Å². The molecule has 94 valence electrons. The van der Waals surface area contributed by atoms with Gasteiger partial charge in [0.1, 0.15) is 0 Å². The summed E-state index contributed by atoms with van der Waals surface area (Å²) in [5.41, 5.74) is 7.48. The average Bonchev–Trinajstić information content (AvgIpc) is 2.34. The molecule has 1 rings (SSSR count). The van der Waals surface area contributed by atoms with Gasteiger partial charge in [-0.05, 0) is 55.5 Å². The van der Waals surface area contributed by atoms with Crippen LogP contribution in [0.5, 0.6) is 0 Å². The lowest BCUT2D eigenvalue weighted by molar-refractivity contribution is 1.36. The Morgan fingerprint density at radius 2 is 1.83 bits per heavy atom. The van der Waals surface area contributed by atoms with E-state index in [4.69, 9.17) is 0 Å². The van der Waals surface area contributed by atoms with Crippen LogP contribution >= 0.6 is 0 Å². The monoisotopic (exact) mass is 238 g/mol. The Morgan fingerprint density at radius 3 is 2.33 bits per heavy atom. The molecule has 0 spiro atoms. The van der Waals surface area contributed by atoms with E-state index in [1.165, 1.54) is 27.8 Å². The Morgan fingerprint density at radius 1 is 1.17 bits per heavy atom. The van der Waals surface area contributed by atoms with E-state index in [1.54, 1.807) is 6.08 Å². The van der Waals surface area contributed by atoms with Crippen LogP contribution in [0.1, 0.15) is 37.5 Å². The van der Waals surface area contributed by atoms with Crippen LogP contribution in [0.3, 0.4) is 0 Å². The minimum atomic E-state index is 1.11.